The van der Waals surface area contributed by atoms with Crippen molar-refractivity contribution < 1.29 is 4.42 Å². The van der Waals surface area contributed by atoms with Gasteiger partial charge in [-0.15, -0.1) is 0 Å². The first-order valence-electron chi connectivity index (χ1n) is 6.47. The maximum absolute atomic E-state index is 5.99. The highest BCUT2D eigenvalue weighted by Crippen LogP contribution is 2.26. The van der Waals surface area contributed by atoms with E-state index < -0.39 is 0 Å². The Morgan fingerprint density at radius 1 is 1.10 bits per heavy atom. The van der Waals surface area contributed by atoms with Crippen molar-refractivity contribution in [3.05, 3.63) is 65.4 Å². The van der Waals surface area contributed by atoms with Crippen molar-refractivity contribution in [1.82, 2.24) is 0 Å². The lowest BCUT2D eigenvalue weighted by molar-refractivity contribution is 0.515. The van der Waals surface area contributed by atoms with E-state index in [4.69, 9.17) is 21.8 Å². The van der Waals surface area contributed by atoms with Crippen LogP contribution in [0.25, 0.3) is 11.0 Å². The summed E-state index contributed by atoms with van der Waals surface area (Å²) in [6, 6.07) is 17.4. The Hall–Kier alpha value is -1.97. The molecule has 0 radical (unpaired) electrons. The van der Waals surface area contributed by atoms with E-state index in [1.54, 1.807) is 0 Å². The molecule has 4 heteroatoms. The van der Waals surface area contributed by atoms with Gasteiger partial charge in [-0.05, 0) is 30.3 Å². The third-order valence-corrected chi connectivity index (χ3v) is 3.42. The number of hydrogen-bond acceptors (Lipinski definition) is 3. The third-order valence-electron chi connectivity index (χ3n) is 3.19. The van der Waals surface area contributed by atoms with Gasteiger partial charge in [0.1, 0.15) is 11.3 Å². The second-order valence-corrected chi connectivity index (χ2v) is 5.07. The lowest BCUT2D eigenvalue weighted by Crippen LogP contribution is -2.19. The van der Waals surface area contributed by atoms with Gasteiger partial charge in [0.25, 0.3) is 0 Å². The molecule has 3 rings (SSSR count). The minimum absolute atomic E-state index is 0.0825. The molecule has 3 aromatic rings. The normalized spacial score (nSPS) is 12.5. The highest BCUT2D eigenvalue weighted by atomic mass is 35.5. The zero-order valence-electron chi connectivity index (χ0n) is 10.8. The summed E-state index contributed by atoms with van der Waals surface area (Å²) in [5, 5.41) is 5.11. The van der Waals surface area contributed by atoms with Gasteiger partial charge < -0.3 is 15.5 Å². The molecule has 1 atom stereocenters. The summed E-state index contributed by atoms with van der Waals surface area (Å²) < 4.78 is 5.85. The summed E-state index contributed by atoms with van der Waals surface area (Å²) in [4.78, 5) is 0. The van der Waals surface area contributed by atoms with Crippen LogP contribution in [-0.4, -0.2) is 6.54 Å². The Morgan fingerprint density at radius 3 is 2.70 bits per heavy atom. The lowest BCUT2D eigenvalue weighted by Gasteiger charge is -2.15. The molecule has 0 aliphatic carbocycles. The van der Waals surface area contributed by atoms with Crippen LogP contribution in [0.5, 0.6) is 0 Å². The number of nitrogens with two attached hydrogens (primary N) is 1. The van der Waals surface area contributed by atoms with Crippen LogP contribution < -0.4 is 11.1 Å². The van der Waals surface area contributed by atoms with Gasteiger partial charge in [-0.25, -0.2) is 0 Å². The molecule has 0 saturated heterocycles. The van der Waals surface area contributed by atoms with E-state index in [1.807, 2.05) is 54.6 Å². The Morgan fingerprint density at radius 2 is 1.95 bits per heavy atom. The van der Waals surface area contributed by atoms with E-state index >= 15 is 0 Å². The first kappa shape index (κ1) is 13.0. The summed E-state index contributed by atoms with van der Waals surface area (Å²) >= 11 is 5.99. The average molecular weight is 287 g/mol. The molecule has 0 bridgehead atoms. The van der Waals surface area contributed by atoms with Gasteiger partial charge in [0, 0.05) is 22.6 Å². The molecule has 1 unspecified atom stereocenters. The van der Waals surface area contributed by atoms with Crippen LogP contribution >= 0.6 is 11.6 Å². The number of para-hydroxylation sites is 1. The van der Waals surface area contributed by atoms with Crippen LogP contribution in [0.2, 0.25) is 5.02 Å². The Kier molecular flexibility index (Phi) is 3.63. The molecule has 0 saturated carbocycles. The van der Waals surface area contributed by atoms with Gasteiger partial charge >= 0.3 is 0 Å². The molecule has 1 heterocycles. The van der Waals surface area contributed by atoms with Crippen molar-refractivity contribution in [1.29, 1.82) is 0 Å². The van der Waals surface area contributed by atoms with Crippen LogP contribution in [-0.2, 0) is 0 Å². The molecule has 3 N–H and O–H groups in total. The highest BCUT2D eigenvalue weighted by Gasteiger charge is 2.14. The maximum atomic E-state index is 5.99. The molecule has 0 fully saturated rings. The average Bonchev–Trinajstić information content (AvgIpc) is 2.88. The molecule has 0 amide bonds. The van der Waals surface area contributed by atoms with E-state index in [1.165, 1.54) is 0 Å². The first-order valence-corrected chi connectivity index (χ1v) is 6.85. The number of anilines is 1. The predicted octanol–water partition coefficient (Wildman–Crippen LogP) is 4.20. The minimum atomic E-state index is -0.0825. The summed E-state index contributed by atoms with van der Waals surface area (Å²) in [7, 11) is 0. The number of hydrogen-bond donors (Lipinski definition) is 2. The lowest BCUT2D eigenvalue weighted by atomic mass is 10.2. The van der Waals surface area contributed by atoms with Crippen molar-refractivity contribution in [2.45, 2.75) is 6.04 Å². The van der Waals surface area contributed by atoms with E-state index in [0.29, 0.717) is 11.6 Å². The summed E-state index contributed by atoms with van der Waals surface area (Å²) in [6.07, 6.45) is 0. The Balaban J connectivity index is 1.89. The zero-order valence-corrected chi connectivity index (χ0v) is 11.6. The predicted molar refractivity (Wildman–Crippen MR) is 83.1 cm³/mol. The molecule has 0 aliphatic rings. The number of rotatable bonds is 4. The monoisotopic (exact) mass is 286 g/mol. The zero-order chi connectivity index (χ0) is 13.9. The largest absolute Gasteiger partial charge is 0.459 e. The number of furan rings is 1. The minimum Gasteiger partial charge on any atom is -0.459 e. The fourth-order valence-electron chi connectivity index (χ4n) is 2.20. The molecular formula is C16H15ClN2O. The van der Waals surface area contributed by atoms with Crippen molar-refractivity contribution in [3.8, 4) is 0 Å². The number of nitrogens with one attached hydrogen (secondary N) is 1. The smallest absolute Gasteiger partial charge is 0.134 e. The number of fused-ring (bicyclic) bond motifs is 1. The van der Waals surface area contributed by atoms with Crippen LogP contribution in [0.15, 0.2) is 59.0 Å². The fourth-order valence-corrected chi connectivity index (χ4v) is 2.39. The van der Waals surface area contributed by atoms with E-state index in [2.05, 4.69) is 5.32 Å². The SMILES string of the molecule is NCC(Nc1cccc(Cl)c1)c1cc2ccccc2o1. The molecule has 102 valence electrons. The van der Waals surface area contributed by atoms with Gasteiger partial charge in [-0.1, -0.05) is 35.9 Å². The molecular weight excluding hydrogens is 272 g/mol. The van der Waals surface area contributed by atoms with Crippen LogP contribution in [0.3, 0.4) is 0 Å². The maximum Gasteiger partial charge on any atom is 0.134 e. The van der Waals surface area contributed by atoms with E-state index in [0.717, 1.165) is 22.4 Å². The van der Waals surface area contributed by atoms with E-state index in [9.17, 15) is 0 Å². The summed E-state index contributed by atoms with van der Waals surface area (Å²) in [5.41, 5.74) is 7.65. The standard InChI is InChI=1S/C16H15ClN2O/c17-12-5-3-6-13(9-12)19-14(10-18)16-8-11-4-1-2-7-15(11)20-16/h1-9,14,19H,10,18H2. The summed E-state index contributed by atoms with van der Waals surface area (Å²) in [5.74, 6) is 0.827. The van der Waals surface area contributed by atoms with Crippen LogP contribution in [0.4, 0.5) is 5.69 Å². The first-order chi connectivity index (χ1) is 9.76. The van der Waals surface area contributed by atoms with Gasteiger partial charge in [0.05, 0.1) is 6.04 Å². The van der Waals surface area contributed by atoms with Crippen LogP contribution in [0, 0.1) is 0 Å². The van der Waals surface area contributed by atoms with Gasteiger partial charge in [0.15, 0.2) is 0 Å². The molecule has 0 spiro atoms. The van der Waals surface area contributed by atoms with E-state index in [-0.39, 0.29) is 6.04 Å². The van der Waals surface area contributed by atoms with Gasteiger partial charge in [-0.3, -0.25) is 0 Å². The quantitative estimate of drug-likeness (QED) is 0.756. The topological polar surface area (TPSA) is 51.2 Å². The third kappa shape index (κ3) is 2.64. The summed E-state index contributed by atoms with van der Waals surface area (Å²) in [6.45, 7) is 0.437. The second kappa shape index (κ2) is 5.57. The number of halogens is 1. The van der Waals surface area contributed by atoms with Crippen molar-refractivity contribution in [2.24, 2.45) is 5.73 Å². The molecule has 20 heavy (non-hydrogen) atoms. The van der Waals surface area contributed by atoms with Gasteiger partial charge in [-0.2, -0.15) is 0 Å². The highest BCUT2D eigenvalue weighted by molar-refractivity contribution is 6.30. The molecule has 0 aliphatic heterocycles. The Labute approximate surface area is 122 Å². The number of benzene rings is 2. The van der Waals surface area contributed by atoms with Crippen molar-refractivity contribution in [2.75, 3.05) is 11.9 Å². The van der Waals surface area contributed by atoms with Crippen molar-refractivity contribution >= 4 is 28.3 Å². The van der Waals surface area contributed by atoms with Gasteiger partial charge in [0.2, 0.25) is 0 Å². The van der Waals surface area contributed by atoms with Crippen LogP contribution in [0.1, 0.15) is 11.8 Å². The molecule has 1 aromatic heterocycles. The fraction of sp³-hybridized carbons (Fsp3) is 0.125. The molecule has 2 aromatic carbocycles. The molecule has 3 nitrogen and oxygen atoms in total. The Bertz CT molecular complexity index is 690. The van der Waals surface area contributed by atoms with Crippen molar-refractivity contribution in [3.63, 3.8) is 0 Å². The second-order valence-electron chi connectivity index (χ2n) is 4.63.